The molecule has 0 aliphatic carbocycles. The summed E-state index contributed by atoms with van der Waals surface area (Å²) in [6.07, 6.45) is 0.606. The molecule has 18 heavy (non-hydrogen) atoms. The molecule has 0 aromatic heterocycles. The van der Waals surface area contributed by atoms with Gasteiger partial charge in [-0.05, 0) is 27.7 Å². The van der Waals surface area contributed by atoms with Gasteiger partial charge in [0.05, 0.1) is 12.5 Å². The van der Waals surface area contributed by atoms with E-state index in [1.54, 1.807) is 0 Å². The molecule has 2 aliphatic heterocycles. The molecule has 2 N–H and O–H groups in total. The second-order valence-electron chi connectivity index (χ2n) is 5.75. The van der Waals surface area contributed by atoms with Crippen LogP contribution in [0.2, 0.25) is 0 Å². The Hall–Kier alpha value is -0.670. The second kappa shape index (κ2) is 4.78. The van der Waals surface area contributed by atoms with Crippen molar-refractivity contribution in [3.05, 3.63) is 0 Å². The fourth-order valence-corrected chi connectivity index (χ4v) is 3.88. The number of β-lactam (4-membered cyclic amide) rings is 1. The summed E-state index contributed by atoms with van der Waals surface area (Å²) in [7, 11) is 0.512. The number of primary amides is 1. The van der Waals surface area contributed by atoms with Crippen LogP contribution in [0.4, 0.5) is 0 Å². The van der Waals surface area contributed by atoms with Crippen LogP contribution in [0.15, 0.2) is 0 Å². The lowest BCUT2D eigenvalue weighted by atomic mass is 9.85. The van der Waals surface area contributed by atoms with E-state index < -0.39 is 5.54 Å². The molecule has 3 atom stereocenters. The van der Waals surface area contributed by atoms with Crippen molar-refractivity contribution in [3.8, 4) is 0 Å². The molecule has 102 valence electrons. The molecule has 2 rings (SSSR count). The zero-order valence-corrected chi connectivity index (χ0v) is 12.3. The minimum absolute atomic E-state index is 0.171. The molecule has 6 heteroatoms. The van der Waals surface area contributed by atoms with E-state index in [1.807, 2.05) is 11.3 Å². The zero-order chi connectivity index (χ0) is 13.5. The first-order valence-electron chi connectivity index (χ1n) is 6.44. The smallest absolute Gasteiger partial charge is 0.248 e. The van der Waals surface area contributed by atoms with Crippen molar-refractivity contribution in [1.29, 1.82) is 0 Å². The van der Waals surface area contributed by atoms with Gasteiger partial charge in [0.2, 0.25) is 11.8 Å². The van der Waals surface area contributed by atoms with E-state index in [-0.39, 0.29) is 17.7 Å². The molecule has 5 nitrogen and oxygen atoms in total. The molecule has 2 aliphatic rings. The van der Waals surface area contributed by atoms with Gasteiger partial charge in [0.25, 0.3) is 0 Å². The zero-order valence-electron chi connectivity index (χ0n) is 11.3. The van der Waals surface area contributed by atoms with Crippen molar-refractivity contribution in [1.82, 2.24) is 9.57 Å². The largest absolute Gasteiger partial charge is 0.369 e. The quantitative estimate of drug-likeness (QED) is 0.589. The molecular weight excluding hydrogens is 249 g/mol. The Morgan fingerprint density at radius 1 is 1.61 bits per heavy atom. The minimum atomic E-state index is -0.424. The topological polar surface area (TPSA) is 66.6 Å². The number of hydrogen-bond donors (Lipinski definition) is 1. The number of carbonyl (C=O) groups excluding carboxylic acids is 2. The highest BCUT2D eigenvalue weighted by Gasteiger charge is 2.60. The highest BCUT2D eigenvalue weighted by atomic mass is 31.1. The lowest BCUT2D eigenvalue weighted by Gasteiger charge is -2.51. The lowest BCUT2D eigenvalue weighted by molar-refractivity contribution is -0.152. The van der Waals surface area contributed by atoms with Crippen LogP contribution in [0.25, 0.3) is 0 Å². The van der Waals surface area contributed by atoms with Crippen molar-refractivity contribution < 1.29 is 9.59 Å². The predicted octanol–water partition coefficient (Wildman–Crippen LogP) is 0.254. The normalized spacial score (nSPS) is 33.0. The molecule has 0 aromatic rings. The summed E-state index contributed by atoms with van der Waals surface area (Å²) in [5.74, 6) is 0.230. The summed E-state index contributed by atoms with van der Waals surface area (Å²) in [6.45, 7) is 8.53. The number of hydrogen-bond acceptors (Lipinski definition) is 3. The number of nitrogens with zero attached hydrogens (tertiary/aromatic N) is 2. The SMILES string of the molecule is CPN1CC2(C[C@H](C(N)=O)CN2CC(C)C)C1=O. The van der Waals surface area contributed by atoms with Gasteiger partial charge in [-0.25, -0.2) is 0 Å². The average molecular weight is 271 g/mol. The average Bonchev–Trinajstić information content (AvgIpc) is 2.66. The molecule has 2 fully saturated rings. The predicted molar refractivity (Wildman–Crippen MR) is 72.4 cm³/mol. The van der Waals surface area contributed by atoms with Crippen LogP contribution in [0, 0.1) is 11.8 Å². The van der Waals surface area contributed by atoms with E-state index in [0.717, 1.165) is 13.1 Å². The maximum Gasteiger partial charge on any atom is 0.248 e. The molecule has 2 heterocycles. The summed E-state index contributed by atoms with van der Waals surface area (Å²) < 4.78 is 1.87. The van der Waals surface area contributed by atoms with E-state index in [9.17, 15) is 9.59 Å². The molecule has 0 radical (unpaired) electrons. The summed E-state index contributed by atoms with van der Waals surface area (Å²) >= 11 is 0. The van der Waals surface area contributed by atoms with Crippen molar-refractivity contribution in [2.24, 2.45) is 17.6 Å². The Morgan fingerprint density at radius 2 is 2.28 bits per heavy atom. The Balaban J connectivity index is 2.16. The lowest BCUT2D eigenvalue weighted by Crippen LogP contribution is -2.69. The maximum absolute atomic E-state index is 12.3. The molecular formula is C12H22N3O2P. The van der Waals surface area contributed by atoms with Gasteiger partial charge >= 0.3 is 0 Å². The van der Waals surface area contributed by atoms with Gasteiger partial charge in [-0.15, -0.1) is 0 Å². The third kappa shape index (κ3) is 2.04. The summed E-state index contributed by atoms with van der Waals surface area (Å²) in [6, 6.07) is 0. The molecule has 1 spiro atoms. The van der Waals surface area contributed by atoms with E-state index in [4.69, 9.17) is 5.73 Å². The van der Waals surface area contributed by atoms with E-state index in [2.05, 4.69) is 18.7 Å². The summed E-state index contributed by atoms with van der Waals surface area (Å²) in [5, 5.41) is 0. The number of carbonyl (C=O) groups is 2. The van der Waals surface area contributed by atoms with E-state index in [0.29, 0.717) is 27.6 Å². The standard InChI is InChI=1S/C12H22N3O2P/c1-8(2)5-14-6-9(10(13)16)4-12(14)7-15(18-3)11(12)17/h8-9,18H,4-7H2,1-3H3,(H2,13,16)/t9-,12?/m0/s1. The van der Waals surface area contributed by atoms with Crippen molar-refractivity contribution in [3.63, 3.8) is 0 Å². The van der Waals surface area contributed by atoms with Crippen molar-refractivity contribution in [2.45, 2.75) is 25.8 Å². The third-order valence-corrected chi connectivity index (χ3v) is 4.85. The Bertz CT molecular complexity index is 374. The van der Waals surface area contributed by atoms with Crippen LogP contribution in [-0.4, -0.2) is 53.2 Å². The van der Waals surface area contributed by atoms with Crippen LogP contribution in [-0.2, 0) is 9.59 Å². The van der Waals surface area contributed by atoms with Crippen molar-refractivity contribution >= 4 is 20.5 Å². The fourth-order valence-electron chi connectivity index (χ4n) is 3.05. The molecule has 0 bridgehead atoms. The van der Waals surface area contributed by atoms with Gasteiger partial charge in [0, 0.05) is 13.1 Å². The number of nitrogens with two attached hydrogens (primary N) is 1. The number of rotatable bonds is 4. The fraction of sp³-hybridized carbons (Fsp3) is 0.833. The highest BCUT2D eigenvalue weighted by molar-refractivity contribution is 7.35. The Kier molecular flexibility index (Phi) is 3.65. The monoisotopic (exact) mass is 271 g/mol. The summed E-state index contributed by atoms with van der Waals surface area (Å²) in [5.41, 5.74) is 4.99. The van der Waals surface area contributed by atoms with Crippen LogP contribution in [0.1, 0.15) is 20.3 Å². The maximum atomic E-state index is 12.3. The first-order valence-corrected chi connectivity index (χ1v) is 7.89. The molecule has 2 unspecified atom stereocenters. The van der Waals surface area contributed by atoms with Crippen LogP contribution in [0.5, 0.6) is 0 Å². The first-order chi connectivity index (χ1) is 8.40. The van der Waals surface area contributed by atoms with Gasteiger partial charge < -0.3 is 10.4 Å². The van der Waals surface area contributed by atoms with Crippen molar-refractivity contribution in [2.75, 3.05) is 26.3 Å². The van der Waals surface area contributed by atoms with Gasteiger partial charge in [-0.3, -0.25) is 14.5 Å². The van der Waals surface area contributed by atoms with E-state index in [1.165, 1.54) is 0 Å². The first kappa shape index (κ1) is 13.8. The van der Waals surface area contributed by atoms with Crippen LogP contribution in [0.3, 0.4) is 0 Å². The van der Waals surface area contributed by atoms with E-state index >= 15 is 0 Å². The highest BCUT2D eigenvalue weighted by Crippen LogP contribution is 2.45. The van der Waals surface area contributed by atoms with Crippen LogP contribution >= 0.6 is 8.73 Å². The molecule has 0 saturated carbocycles. The minimum Gasteiger partial charge on any atom is -0.369 e. The number of likely N-dealkylation sites (tertiary alicyclic amines) is 1. The number of amides is 2. The second-order valence-corrected chi connectivity index (χ2v) is 6.74. The third-order valence-electron chi connectivity index (χ3n) is 3.95. The Labute approximate surface area is 110 Å². The van der Waals surface area contributed by atoms with Gasteiger partial charge in [0.1, 0.15) is 5.54 Å². The molecule has 2 saturated heterocycles. The Morgan fingerprint density at radius 3 is 2.72 bits per heavy atom. The molecule has 2 amide bonds. The van der Waals surface area contributed by atoms with Crippen LogP contribution < -0.4 is 5.73 Å². The molecule has 0 aromatic carbocycles. The summed E-state index contributed by atoms with van der Waals surface area (Å²) in [4.78, 5) is 25.9. The van der Waals surface area contributed by atoms with Gasteiger partial charge in [-0.2, -0.15) is 0 Å². The van der Waals surface area contributed by atoms with Gasteiger partial charge in [0.15, 0.2) is 0 Å². The van der Waals surface area contributed by atoms with Gasteiger partial charge in [-0.1, -0.05) is 13.8 Å².